The van der Waals surface area contributed by atoms with Crippen LogP contribution in [0.3, 0.4) is 0 Å². The van der Waals surface area contributed by atoms with Crippen molar-refractivity contribution in [2.45, 2.75) is 83.7 Å². The smallest absolute Gasteiger partial charge is 0.327 e. The third-order valence-corrected chi connectivity index (χ3v) is 3.46. The van der Waals surface area contributed by atoms with Crippen LogP contribution in [0.15, 0.2) is 24.3 Å². The molecule has 0 fully saturated rings. The molecule has 122 valence electrons. The molecule has 3 nitrogen and oxygen atoms in total. The van der Waals surface area contributed by atoms with E-state index in [9.17, 15) is 9.90 Å². The van der Waals surface area contributed by atoms with E-state index in [0.29, 0.717) is 0 Å². The maximum atomic E-state index is 10.2. The first kappa shape index (κ1) is 19.9. The number of allylic oxidation sites excluding steroid dienone is 2. The van der Waals surface area contributed by atoms with Gasteiger partial charge in [-0.25, -0.2) is 4.79 Å². The normalized spacial score (nSPS) is 13.2. The van der Waals surface area contributed by atoms with Crippen LogP contribution in [0, 0.1) is 0 Å². The largest absolute Gasteiger partial charge is 0.478 e. The Balaban J connectivity index is 3.37. The van der Waals surface area contributed by atoms with Crippen LogP contribution in [0.25, 0.3) is 0 Å². The lowest BCUT2D eigenvalue weighted by atomic mass is 10.1. The summed E-state index contributed by atoms with van der Waals surface area (Å²) in [6.45, 7) is 2.22. The van der Waals surface area contributed by atoms with Crippen molar-refractivity contribution in [3.63, 3.8) is 0 Å². The minimum atomic E-state index is -0.882. The average molecular weight is 296 g/mol. The van der Waals surface area contributed by atoms with Crippen molar-refractivity contribution in [3.8, 4) is 0 Å². The van der Waals surface area contributed by atoms with E-state index in [1.165, 1.54) is 38.2 Å². The predicted molar refractivity (Wildman–Crippen MR) is 88.4 cm³/mol. The molecule has 21 heavy (non-hydrogen) atoms. The minimum absolute atomic E-state index is 0.303. The molecule has 0 saturated heterocycles. The van der Waals surface area contributed by atoms with Crippen LogP contribution < -0.4 is 0 Å². The second kappa shape index (κ2) is 15.3. The molecule has 0 aromatic carbocycles. The summed E-state index contributed by atoms with van der Waals surface area (Å²) < 4.78 is 0. The van der Waals surface area contributed by atoms with Crippen molar-refractivity contribution in [3.05, 3.63) is 24.3 Å². The highest BCUT2D eigenvalue weighted by Crippen LogP contribution is 2.10. The van der Waals surface area contributed by atoms with Gasteiger partial charge < -0.3 is 10.2 Å². The monoisotopic (exact) mass is 296 g/mol. The summed E-state index contributed by atoms with van der Waals surface area (Å²) in [5, 5.41) is 18.2. The van der Waals surface area contributed by atoms with E-state index in [-0.39, 0.29) is 6.10 Å². The Kier molecular flexibility index (Phi) is 14.5. The second-order valence-electron chi connectivity index (χ2n) is 5.58. The zero-order chi connectivity index (χ0) is 15.8. The topological polar surface area (TPSA) is 57.5 Å². The Morgan fingerprint density at radius 3 is 2.24 bits per heavy atom. The zero-order valence-electron chi connectivity index (χ0n) is 13.5. The lowest BCUT2D eigenvalue weighted by molar-refractivity contribution is -0.131. The Bertz CT molecular complexity index is 295. The van der Waals surface area contributed by atoms with E-state index in [0.717, 1.165) is 38.5 Å². The van der Waals surface area contributed by atoms with Gasteiger partial charge in [-0.05, 0) is 32.1 Å². The first-order chi connectivity index (χ1) is 10.2. The van der Waals surface area contributed by atoms with Crippen molar-refractivity contribution in [2.75, 3.05) is 0 Å². The summed E-state index contributed by atoms with van der Waals surface area (Å²) in [6, 6.07) is 0. The van der Waals surface area contributed by atoms with E-state index in [1.54, 1.807) is 6.08 Å². The maximum Gasteiger partial charge on any atom is 0.327 e. The van der Waals surface area contributed by atoms with Crippen LogP contribution >= 0.6 is 0 Å². The van der Waals surface area contributed by atoms with Crippen molar-refractivity contribution in [1.29, 1.82) is 0 Å². The number of rotatable bonds is 14. The van der Waals surface area contributed by atoms with E-state index >= 15 is 0 Å². The highest BCUT2D eigenvalue weighted by atomic mass is 16.4. The molecule has 0 heterocycles. The Morgan fingerprint density at radius 2 is 1.57 bits per heavy atom. The summed E-state index contributed by atoms with van der Waals surface area (Å²) in [5.41, 5.74) is 0. The van der Waals surface area contributed by atoms with E-state index in [4.69, 9.17) is 5.11 Å². The van der Waals surface area contributed by atoms with Gasteiger partial charge in [-0.3, -0.25) is 0 Å². The van der Waals surface area contributed by atoms with Crippen LogP contribution in [0.4, 0.5) is 0 Å². The van der Waals surface area contributed by atoms with Crippen molar-refractivity contribution >= 4 is 5.97 Å². The van der Waals surface area contributed by atoms with Gasteiger partial charge in [-0.1, -0.05) is 63.7 Å². The van der Waals surface area contributed by atoms with Crippen LogP contribution in [-0.2, 0) is 4.79 Å². The number of aliphatic hydroxyl groups excluding tert-OH is 1. The molecule has 0 rings (SSSR count). The van der Waals surface area contributed by atoms with Gasteiger partial charge >= 0.3 is 5.97 Å². The van der Waals surface area contributed by atoms with Gasteiger partial charge in [0.15, 0.2) is 0 Å². The van der Waals surface area contributed by atoms with E-state index in [1.807, 2.05) is 12.2 Å². The fourth-order valence-corrected chi connectivity index (χ4v) is 2.19. The SMILES string of the molecule is CCCCCCCCC(O)/C=C/CCCCC=CC(=O)O. The third-order valence-electron chi connectivity index (χ3n) is 3.46. The summed E-state index contributed by atoms with van der Waals surface area (Å²) in [5.74, 6) is -0.882. The predicted octanol–water partition coefficient (Wildman–Crippen LogP) is 4.86. The van der Waals surface area contributed by atoms with Crippen LogP contribution in [0.2, 0.25) is 0 Å². The standard InChI is InChI=1S/C18H32O3/c1-2-3-4-5-8-11-14-17(19)15-12-9-6-7-10-13-16-18(20)21/h12-13,15-17,19H,2-11,14H2,1H3,(H,20,21)/b15-12+,16-13?. The van der Waals surface area contributed by atoms with E-state index in [2.05, 4.69) is 6.92 Å². The lowest BCUT2D eigenvalue weighted by Gasteiger charge is -2.05. The quantitative estimate of drug-likeness (QED) is 0.273. The molecule has 0 saturated carbocycles. The van der Waals surface area contributed by atoms with E-state index < -0.39 is 5.97 Å². The number of hydrogen-bond acceptors (Lipinski definition) is 2. The molecule has 0 aromatic rings. The van der Waals surface area contributed by atoms with Gasteiger partial charge in [-0.15, -0.1) is 0 Å². The minimum Gasteiger partial charge on any atom is -0.478 e. The van der Waals surface area contributed by atoms with Gasteiger partial charge in [0.05, 0.1) is 6.10 Å². The molecule has 0 spiro atoms. The van der Waals surface area contributed by atoms with Crippen molar-refractivity contribution in [1.82, 2.24) is 0 Å². The number of aliphatic carboxylic acids is 1. The average Bonchev–Trinajstić information content (AvgIpc) is 2.45. The fraction of sp³-hybridized carbons (Fsp3) is 0.722. The van der Waals surface area contributed by atoms with Crippen LogP contribution in [0.5, 0.6) is 0 Å². The number of hydrogen-bond donors (Lipinski definition) is 2. The number of unbranched alkanes of at least 4 members (excludes halogenated alkanes) is 8. The van der Waals surface area contributed by atoms with Gasteiger partial charge in [0.1, 0.15) is 0 Å². The highest BCUT2D eigenvalue weighted by Gasteiger charge is 1.98. The van der Waals surface area contributed by atoms with Gasteiger partial charge in [-0.2, -0.15) is 0 Å². The summed E-state index contributed by atoms with van der Waals surface area (Å²) in [7, 11) is 0. The molecule has 1 unspecified atom stereocenters. The summed E-state index contributed by atoms with van der Waals surface area (Å²) in [6.07, 6.45) is 18.7. The second-order valence-corrected chi connectivity index (χ2v) is 5.58. The van der Waals surface area contributed by atoms with Crippen molar-refractivity contribution < 1.29 is 15.0 Å². The molecule has 2 N–H and O–H groups in total. The van der Waals surface area contributed by atoms with Crippen LogP contribution in [0.1, 0.15) is 77.6 Å². The molecule has 0 aliphatic carbocycles. The Labute approximate surface area is 129 Å². The van der Waals surface area contributed by atoms with Crippen molar-refractivity contribution in [2.24, 2.45) is 0 Å². The molecule has 0 aliphatic heterocycles. The number of carbonyl (C=O) groups is 1. The molecule has 0 radical (unpaired) electrons. The Morgan fingerprint density at radius 1 is 0.952 bits per heavy atom. The number of carboxylic acids is 1. The molecular formula is C18H32O3. The van der Waals surface area contributed by atoms with Gasteiger partial charge in [0.2, 0.25) is 0 Å². The summed E-state index contributed by atoms with van der Waals surface area (Å²) >= 11 is 0. The van der Waals surface area contributed by atoms with Gasteiger partial charge in [0, 0.05) is 6.08 Å². The number of aliphatic hydroxyl groups is 1. The highest BCUT2D eigenvalue weighted by molar-refractivity contribution is 5.79. The number of carboxylic acid groups (broad SMARTS) is 1. The molecule has 0 aliphatic rings. The zero-order valence-corrected chi connectivity index (χ0v) is 13.5. The summed E-state index contributed by atoms with van der Waals surface area (Å²) in [4.78, 5) is 10.2. The Hall–Kier alpha value is -1.09. The lowest BCUT2D eigenvalue weighted by Crippen LogP contribution is -2.01. The fourth-order valence-electron chi connectivity index (χ4n) is 2.19. The first-order valence-electron chi connectivity index (χ1n) is 8.41. The maximum absolute atomic E-state index is 10.2. The molecule has 0 bridgehead atoms. The van der Waals surface area contributed by atoms with Crippen LogP contribution in [-0.4, -0.2) is 22.3 Å². The molecular weight excluding hydrogens is 264 g/mol. The molecule has 1 atom stereocenters. The first-order valence-corrected chi connectivity index (χ1v) is 8.41. The van der Waals surface area contributed by atoms with Gasteiger partial charge in [0.25, 0.3) is 0 Å². The molecule has 3 heteroatoms. The molecule has 0 amide bonds. The molecule has 0 aromatic heterocycles. The third kappa shape index (κ3) is 16.9.